The first-order valence-corrected chi connectivity index (χ1v) is 9.18. The fourth-order valence-electron chi connectivity index (χ4n) is 2.88. The molecule has 8 nitrogen and oxygen atoms in total. The van der Waals surface area contributed by atoms with Crippen LogP contribution in [0.5, 0.6) is 0 Å². The average Bonchev–Trinajstić information content (AvgIpc) is 3.14. The summed E-state index contributed by atoms with van der Waals surface area (Å²) in [5.41, 5.74) is -0.177. The van der Waals surface area contributed by atoms with Crippen molar-refractivity contribution < 1.29 is 13.7 Å². The lowest BCUT2D eigenvalue weighted by molar-refractivity contribution is -0.121. The van der Waals surface area contributed by atoms with Gasteiger partial charge in [0, 0.05) is 30.5 Å². The molecule has 0 spiro atoms. The number of nitrogens with zero attached hydrogens (tertiary/aromatic N) is 4. The van der Waals surface area contributed by atoms with Crippen LogP contribution in [0.4, 0.5) is 5.82 Å². The van der Waals surface area contributed by atoms with Gasteiger partial charge < -0.3 is 14.3 Å². The number of hydrogen-bond acceptors (Lipinski definition) is 7. The number of aryl methyl sites for hydroxylation is 1. The van der Waals surface area contributed by atoms with E-state index < -0.39 is 0 Å². The lowest BCUT2D eigenvalue weighted by atomic mass is 9.96. The van der Waals surface area contributed by atoms with E-state index in [2.05, 4.69) is 20.5 Å². The molecule has 0 aromatic carbocycles. The summed E-state index contributed by atoms with van der Waals surface area (Å²) in [6, 6.07) is 1.71. The van der Waals surface area contributed by atoms with Crippen LogP contribution in [-0.2, 0) is 16.9 Å². The first-order chi connectivity index (χ1) is 12.2. The number of aromatic nitrogens is 3. The molecule has 0 radical (unpaired) electrons. The maximum atomic E-state index is 12.3. The molecule has 0 bridgehead atoms. The second-order valence-corrected chi connectivity index (χ2v) is 8.12. The monoisotopic (exact) mass is 379 g/mol. The van der Waals surface area contributed by atoms with E-state index in [9.17, 15) is 4.79 Å². The van der Waals surface area contributed by atoms with Crippen LogP contribution >= 0.6 is 12.2 Å². The standard InChI is InChI=1S/C17H25N5O3S/c1-11-9-13(20-25-11)18-14(23)12-5-7-21(8-6-12)10-22-16(26)24-15(19-22)17(2,3)4/h9,12H,5-8,10H2,1-4H3,(H,18,20,23). The normalized spacial score (nSPS) is 16.8. The van der Waals surface area contributed by atoms with Gasteiger partial charge in [-0.1, -0.05) is 25.9 Å². The first kappa shape index (κ1) is 18.8. The Morgan fingerprint density at radius 1 is 1.38 bits per heavy atom. The minimum atomic E-state index is -0.177. The van der Waals surface area contributed by atoms with Gasteiger partial charge in [0.05, 0.1) is 6.67 Å². The maximum absolute atomic E-state index is 12.3. The number of hydrogen-bond donors (Lipinski definition) is 1. The molecule has 1 N–H and O–H groups in total. The van der Waals surface area contributed by atoms with Gasteiger partial charge in [0.1, 0.15) is 5.76 Å². The van der Waals surface area contributed by atoms with E-state index >= 15 is 0 Å². The minimum absolute atomic E-state index is 0.00832. The second-order valence-electron chi connectivity index (χ2n) is 7.77. The third-order valence-electron chi connectivity index (χ3n) is 4.42. The zero-order valence-corrected chi connectivity index (χ0v) is 16.4. The lowest BCUT2D eigenvalue weighted by Crippen LogP contribution is -2.39. The van der Waals surface area contributed by atoms with Crippen LogP contribution in [0, 0.1) is 17.7 Å². The lowest BCUT2D eigenvalue weighted by Gasteiger charge is -2.30. The highest BCUT2D eigenvalue weighted by atomic mass is 32.1. The van der Waals surface area contributed by atoms with Gasteiger partial charge in [-0.15, -0.1) is 5.10 Å². The molecule has 0 saturated carbocycles. The van der Waals surface area contributed by atoms with Crippen molar-refractivity contribution in [2.75, 3.05) is 18.4 Å². The molecule has 26 heavy (non-hydrogen) atoms. The molecule has 2 aromatic rings. The number of carbonyl (C=O) groups excluding carboxylic acids is 1. The highest BCUT2D eigenvalue weighted by Crippen LogP contribution is 2.22. The van der Waals surface area contributed by atoms with E-state index in [1.54, 1.807) is 17.7 Å². The van der Waals surface area contributed by atoms with E-state index in [0.29, 0.717) is 29.0 Å². The third kappa shape index (κ3) is 4.39. The Kier molecular flexibility index (Phi) is 5.29. The van der Waals surface area contributed by atoms with Crippen molar-refractivity contribution in [2.45, 2.75) is 52.6 Å². The SMILES string of the molecule is Cc1cc(NC(=O)C2CCN(Cn3nc(C(C)(C)C)oc3=S)CC2)no1. The van der Waals surface area contributed by atoms with Crippen LogP contribution in [-0.4, -0.2) is 38.8 Å². The molecule has 3 rings (SSSR count). The molecule has 142 valence electrons. The predicted octanol–water partition coefficient (Wildman–Crippen LogP) is 3.11. The Bertz CT molecular complexity index is 824. The zero-order chi connectivity index (χ0) is 18.9. The van der Waals surface area contributed by atoms with Gasteiger partial charge in [-0.2, -0.15) is 0 Å². The van der Waals surface area contributed by atoms with Crippen LogP contribution in [0.25, 0.3) is 0 Å². The molecule has 0 atom stereocenters. The molecule has 1 saturated heterocycles. The summed E-state index contributed by atoms with van der Waals surface area (Å²) in [6.07, 6.45) is 1.56. The Morgan fingerprint density at radius 2 is 2.08 bits per heavy atom. The van der Waals surface area contributed by atoms with E-state index in [0.717, 1.165) is 25.9 Å². The largest absolute Gasteiger partial charge is 0.413 e. The van der Waals surface area contributed by atoms with Gasteiger partial charge in [-0.05, 0) is 32.0 Å². The average molecular weight is 379 g/mol. The molecule has 0 unspecified atom stereocenters. The van der Waals surface area contributed by atoms with Crippen LogP contribution in [0.3, 0.4) is 0 Å². The van der Waals surface area contributed by atoms with Crippen molar-refractivity contribution in [2.24, 2.45) is 5.92 Å². The molecule has 9 heteroatoms. The number of piperidine rings is 1. The Morgan fingerprint density at radius 3 is 2.62 bits per heavy atom. The van der Waals surface area contributed by atoms with Crippen molar-refractivity contribution >= 4 is 23.9 Å². The highest BCUT2D eigenvalue weighted by Gasteiger charge is 2.27. The van der Waals surface area contributed by atoms with Crippen molar-refractivity contribution in [3.63, 3.8) is 0 Å². The van der Waals surface area contributed by atoms with Crippen LogP contribution < -0.4 is 5.32 Å². The van der Waals surface area contributed by atoms with E-state index in [1.807, 2.05) is 20.8 Å². The smallest absolute Gasteiger partial charge is 0.288 e. The minimum Gasteiger partial charge on any atom is -0.413 e. The molecule has 1 aliphatic rings. The maximum Gasteiger partial charge on any atom is 0.288 e. The van der Waals surface area contributed by atoms with E-state index in [1.165, 1.54) is 0 Å². The molecule has 0 aliphatic carbocycles. The molecule has 2 aromatic heterocycles. The fraction of sp³-hybridized carbons (Fsp3) is 0.647. The second kappa shape index (κ2) is 7.32. The number of rotatable bonds is 4. The molecule has 3 heterocycles. The van der Waals surface area contributed by atoms with Crippen LogP contribution in [0.1, 0.15) is 45.3 Å². The summed E-state index contributed by atoms with van der Waals surface area (Å²) >= 11 is 5.28. The van der Waals surface area contributed by atoms with E-state index in [-0.39, 0.29) is 17.2 Å². The summed E-state index contributed by atoms with van der Waals surface area (Å²) in [5.74, 6) is 1.75. The molecule has 1 amide bonds. The number of carbonyl (C=O) groups is 1. The summed E-state index contributed by atoms with van der Waals surface area (Å²) in [5, 5.41) is 11.1. The molecule has 1 aliphatic heterocycles. The van der Waals surface area contributed by atoms with Gasteiger partial charge in [0.2, 0.25) is 11.8 Å². The molecular weight excluding hydrogens is 354 g/mol. The summed E-state index contributed by atoms with van der Waals surface area (Å²) in [6.45, 7) is 10.1. The highest BCUT2D eigenvalue weighted by molar-refractivity contribution is 7.71. The Labute approximate surface area is 157 Å². The van der Waals surface area contributed by atoms with Gasteiger partial charge in [-0.3, -0.25) is 9.69 Å². The quantitative estimate of drug-likeness (QED) is 0.816. The summed E-state index contributed by atoms with van der Waals surface area (Å²) in [7, 11) is 0. The van der Waals surface area contributed by atoms with Gasteiger partial charge in [0.25, 0.3) is 4.84 Å². The van der Waals surface area contributed by atoms with Gasteiger partial charge in [0.15, 0.2) is 5.82 Å². The van der Waals surface area contributed by atoms with Gasteiger partial charge in [-0.25, -0.2) is 4.68 Å². The molecular formula is C17H25N5O3S. The summed E-state index contributed by atoms with van der Waals surface area (Å²) < 4.78 is 12.3. The van der Waals surface area contributed by atoms with Crippen molar-refractivity contribution in [3.8, 4) is 0 Å². The van der Waals surface area contributed by atoms with Crippen LogP contribution in [0.2, 0.25) is 0 Å². The topological polar surface area (TPSA) is 89.3 Å². The van der Waals surface area contributed by atoms with Crippen molar-refractivity contribution in [1.29, 1.82) is 0 Å². The predicted molar refractivity (Wildman–Crippen MR) is 98.2 cm³/mol. The van der Waals surface area contributed by atoms with Gasteiger partial charge >= 0.3 is 0 Å². The zero-order valence-electron chi connectivity index (χ0n) is 15.6. The number of anilines is 1. The van der Waals surface area contributed by atoms with E-state index in [4.69, 9.17) is 21.2 Å². The number of nitrogens with one attached hydrogen (secondary N) is 1. The van der Waals surface area contributed by atoms with Crippen LogP contribution in [0.15, 0.2) is 15.0 Å². The van der Waals surface area contributed by atoms with Crippen molar-refractivity contribution in [3.05, 3.63) is 22.6 Å². The Balaban J connectivity index is 1.53. The third-order valence-corrected chi connectivity index (χ3v) is 4.71. The number of amides is 1. The summed E-state index contributed by atoms with van der Waals surface area (Å²) in [4.78, 5) is 15.0. The molecule has 1 fully saturated rings. The fourth-order valence-corrected chi connectivity index (χ4v) is 3.06. The number of likely N-dealkylation sites (tertiary alicyclic amines) is 1. The van der Waals surface area contributed by atoms with Crippen molar-refractivity contribution in [1.82, 2.24) is 19.8 Å². The Hall–Kier alpha value is -2.00. The first-order valence-electron chi connectivity index (χ1n) is 8.77.